The van der Waals surface area contributed by atoms with Crippen LogP contribution in [0.3, 0.4) is 0 Å². The van der Waals surface area contributed by atoms with Crippen molar-refractivity contribution >= 4 is 24.0 Å². The number of hydrogen-bond acceptors (Lipinski definition) is 3. The van der Waals surface area contributed by atoms with E-state index in [0.717, 1.165) is 24.9 Å². The van der Waals surface area contributed by atoms with Crippen LogP contribution < -0.4 is 11.1 Å². The summed E-state index contributed by atoms with van der Waals surface area (Å²) in [7, 11) is 0. The van der Waals surface area contributed by atoms with E-state index in [1.54, 1.807) is 12.3 Å². The van der Waals surface area contributed by atoms with Gasteiger partial charge in [-0.05, 0) is 48.6 Å². The maximum absolute atomic E-state index is 12.0. The van der Waals surface area contributed by atoms with Crippen LogP contribution in [0, 0.1) is 0 Å². The molecule has 1 amide bonds. The lowest BCUT2D eigenvalue weighted by molar-refractivity contribution is 0.0927. The molecule has 0 saturated carbocycles. The van der Waals surface area contributed by atoms with Gasteiger partial charge in [-0.25, -0.2) is 0 Å². The van der Waals surface area contributed by atoms with E-state index in [2.05, 4.69) is 15.5 Å². The van der Waals surface area contributed by atoms with Crippen LogP contribution in [0.25, 0.3) is 0 Å². The standard InChI is InChI=1S/C14H16N4O.ClH/c15-10-4-5-11-9(8-10)2-1-3-12(11)17-14(19)13-6-7-16-18-13;/h4-8,12H,1-3,15H2,(H,16,18)(H,17,19);1H. The maximum atomic E-state index is 12.0. The van der Waals surface area contributed by atoms with Gasteiger partial charge in [0.1, 0.15) is 5.69 Å². The smallest absolute Gasteiger partial charge is 0.269 e. The number of carbonyl (C=O) groups excluding carboxylic acids is 1. The first-order valence-corrected chi connectivity index (χ1v) is 6.42. The minimum Gasteiger partial charge on any atom is -0.399 e. The second-order valence-corrected chi connectivity index (χ2v) is 4.85. The average Bonchev–Trinajstić information content (AvgIpc) is 2.92. The Hall–Kier alpha value is -2.01. The number of rotatable bonds is 2. The molecule has 5 nitrogen and oxygen atoms in total. The lowest BCUT2D eigenvalue weighted by Crippen LogP contribution is -2.31. The number of halogens is 1. The number of anilines is 1. The van der Waals surface area contributed by atoms with E-state index >= 15 is 0 Å². The van der Waals surface area contributed by atoms with Crippen molar-refractivity contribution < 1.29 is 4.79 Å². The topological polar surface area (TPSA) is 83.8 Å². The molecule has 106 valence electrons. The summed E-state index contributed by atoms with van der Waals surface area (Å²) in [5.41, 5.74) is 9.48. The molecule has 1 heterocycles. The second-order valence-electron chi connectivity index (χ2n) is 4.85. The first-order chi connectivity index (χ1) is 9.24. The first-order valence-electron chi connectivity index (χ1n) is 6.42. The molecule has 0 bridgehead atoms. The lowest BCUT2D eigenvalue weighted by Gasteiger charge is -2.26. The molecule has 1 aromatic carbocycles. The van der Waals surface area contributed by atoms with Gasteiger partial charge in [0.25, 0.3) is 5.91 Å². The fraction of sp³-hybridized carbons (Fsp3) is 0.286. The third-order valence-corrected chi connectivity index (χ3v) is 3.53. The monoisotopic (exact) mass is 292 g/mol. The number of H-pyrrole nitrogens is 1. The molecule has 4 N–H and O–H groups in total. The summed E-state index contributed by atoms with van der Waals surface area (Å²) in [5, 5.41) is 9.51. The average molecular weight is 293 g/mol. The van der Waals surface area contributed by atoms with E-state index in [-0.39, 0.29) is 24.4 Å². The van der Waals surface area contributed by atoms with Gasteiger partial charge >= 0.3 is 0 Å². The number of aromatic nitrogens is 2. The molecule has 0 fully saturated rings. The van der Waals surface area contributed by atoms with Gasteiger partial charge in [-0.3, -0.25) is 9.89 Å². The van der Waals surface area contributed by atoms with Gasteiger partial charge in [-0.1, -0.05) is 6.07 Å². The number of nitrogen functional groups attached to an aromatic ring is 1. The van der Waals surface area contributed by atoms with E-state index in [1.807, 2.05) is 18.2 Å². The Morgan fingerprint density at radius 3 is 3.00 bits per heavy atom. The van der Waals surface area contributed by atoms with Crippen LogP contribution in [0.5, 0.6) is 0 Å². The van der Waals surface area contributed by atoms with Gasteiger partial charge in [-0.2, -0.15) is 5.10 Å². The highest BCUT2D eigenvalue weighted by Crippen LogP contribution is 2.31. The SMILES string of the molecule is Cl.Nc1ccc2c(c1)CCCC2NC(=O)c1ccn[nH]1. The minimum absolute atomic E-state index is 0. The van der Waals surface area contributed by atoms with Gasteiger partial charge in [0.2, 0.25) is 0 Å². The molecule has 1 atom stereocenters. The van der Waals surface area contributed by atoms with Crippen LogP contribution in [0.4, 0.5) is 5.69 Å². The third kappa shape index (κ3) is 2.77. The van der Waals surface area contributed by atoms with Crippen molar-refractivity contribution in [3.8, 4) is 0 Å². The number of hydrogen-bond donors (Lipinski definition) is 3. The molecule has 0 spiro atoms. The Balaban J connectivity index is 0.00000147. The number of benzene rings is 1. The highest BCUT2D eigenvalue weighted by molar-refractivity contribution is 5.92. The van der Waals surface area contributed by atoms with Gasteiger partial charge in [-0.15, -0.1) is 12.4 Å². The Morgan fingerprint density at radius 2 is 2.25 bits per heavy atom. The molecule has 1 aliphatic rings. The molecule has 0 saturated heterocycles. The Bertz CT molecular complexity index is 597. The van der Waals surface area contributed by atoms with Crippen LogP contribution in [0.2, 0.25) is 0 Å². The summed E-state index contributed by atoms with van der Waals surface area (Å²) in [6, 6.07) is 7.63. The second kappa shape index (κ2) is 5.96. The molecule has 1 aromatic heterocycles. The maximum Gasteiger partial charge on any atom is 0.269 e. The summed E-state index contributed by atoms with van der Waals surface area (Å²) in [5.74, 6) is -0.118. The Labute approximate surface area is 123 Å². The van der Waals surface area contributed by atoms with Crippen LogP contribution >= 0.6 is 12.4 Å². The number of aromatic amines is 1. The first kappa shape index (κ1) is 14.4. The molecule has 1 unspecified atom stereocenters. The molecule has 0 aliphatic heterocycles. The van der Waals surface area contributed by atoms with Crippen molar-refractivity contribution in [1.29, 1.82) is 0 Å². The summed E-state index contributed by atoms with van der Waals surface area (Å²) in [6.45, 7) is 0. The predicted molar refractivity (Wildman–Crippen MR) is 79.8 cm³/mol. The largest absolute Gasteiger partial charge is 0.399 e. The zero-order chi connectivity index (χ0) is 13.2. The van der Waals surface area contributed by atoms with Gasteiger partial charge in [0.15, 0.2) is 0 Å². The van der Waals surface area contributed by atoms with Gasteiger partial charge < -0.3 is 11.1 Å². The highest BCUT2D eigenvalue weighted by atomic mass is 35.5. The van der Waals surface area contributed by atoms with Crippen molar-refractivity contribution in [2.45, 2.75) is 25.3 Å². The summed E-state index contributed by atoms with van der Waals surface area (Å²) < 4.78 is 0. The molecule has 3 rings (SSSR count). The zero-order valence-corrected chi connectivity index (χ0v) is 11.7. The molecular weight excluding hydrogens is 276 g/mol. The van der Waals surface area contributed by atoms with Crippen molar-refractivity contribution in [2.75, 3.05) is 5.73 Å². The van der Waals surface area contributed by atoms with Crippen LogP contribution in [0.15, 0.2) is 30.5 Å². The Kier molecular flexibility index (Phi) is 4.29. The summed E-state index contributed by atoms with van der Waals surface area (Å²) >= 11 is 0. The summed E-state index contributed by atoms with van der Waals surface area (Å²) in [4.78, 5) is 12.0. The van der Waals surface area contributed by atoms with E-state index in [0.29, 0.717) is 5.69 Å². The predicted octanol–water partition coefficient (Wildman–Crippen LogP) is 2.22. The van der Waals surface area contributed by atoms with Crippen molar-refractivity contribution in [3.05, 3.63) is 47.3 Å². The van der Waals surface area contributed by atoms with Crippen LogP contribution in [0.1, 0.15) is 40.5 Å². The quantitative estimate of drug-likeness (QED) is 0.742. The van der Waals surface area contributed by atoms with E-state index in [9.17, 15) is 4.79 Å². The fourth-order valence-electron chi connectivity index (χ4n) is 2.60. The number of amides is 1. The molecule has 20 heavy (non-hydrogen) atoms. The molecule has 0 radical (unpaired) electrons. The van der Waals surface area contributed by atoms with Crippen LogP contribution in [-0.2, 0) is 6.42 Å². The number of nitrogens with one attached hydrogen (secondary N) is 2. The number of carbonyl (C=O) groups is 1. The number of aryl methyl sites for hydroxylation is 1. The van der Waals surface area contributed by atoms with Gasteiger partial charge in [0.05, 0.1) is 6.04 Å². The molecule has 1 aliphatic carbocycles. The van der Waals surface area contributed by atoms with Crippen molar-refractivity contribution in [1.82, 2.24) is 15.5 Å². The van der Waals surface area contributed by atoms with E-state index in [1.165, 1.54) is 11.1 Å². The number of nitrogens with two attached hydrogens (primary N) is 1. The van der Waals surface area contributed by atoms with Gasteiger partial charge in [0, 0.05) is 11.9 Å². The molecular formula is C14H17ClN4O. The molecule has 2 aromatic rings. The normalized spacial score (nSPS) is 16.9. The fourth-order valence-corrected chi connectivity index (χ4v) is 2.60. The molecule has 6 heteroatoms. The van der Waals surface area contributed by atoms with E-state index < -0.39 is 0 Å². The van der Waals surface area contributed by atoms with Crippen molar-refractivity contribution in [2.24, 2.45) is 0 Å². The lowest BCUT2D eigenvalue weighted by atomic mass is 9.87. The number of fused-ring (bicyclic) bond motifs is 1. The Morgan fingerprint density at radius 1 is 1.40 bits per heavy atom. The minimum atomic E-state index is -0.118. The summed E-state index contributed by atoms with van der Waals surface area (Å²) in [6.07, 6.45) is 4.61. The van der Waals surface area contributed by atoms with E-state index in [4.69, 9.17) is 5.73 Å². The highest BCUT2D eigenvalue weighted by Gasteiger charge is 2.22. The third-order valence-electron chi connectivity index (χ3n) is 3.53. The zero-order valence-electron chi connectivity index (χ0n) is 10.9. The van der Waals surface area contributed by atoms with Crippen LogP contribution in [-0.4, -0.2) is 16.1 Å². The van der Waals surface area contributed by atoms with Crippen molar-refractivity contribution in [3.63, 3.8) is 0 Å². The number of nitrogens with zero attached hydrogens (tertiary/aromatic N) is 1.